The summed E-state index contributed by atoms with van der Waals surface area (Å²) in [6, 6.07) is 7.56. The topological polar surface area (TPSA) is 85.9 Å². The second kappa shape index (κ2) is 5.89. The molecule has 1 atom stereocenters. The highest BCUT2D eigenvalue weighted by Gasteiger charge is 2.62. The van der Waals surface area contributed by atoms with E-state index in [4.69, 9.17) is 10.00 Å². The summed E-state index contributed by atoms with van der Waals surface area (Å²) < 4.78 is 44.0. The van der Waals surface area contributed by atoms with Crippen LogP contribution >= 0.6 is 0 Å². The summed E-state index contributed by atoms with van der Waals surface area (Å²) in [5.74, 6) is -0.932. The summed E-state index contributed by atoms with van der Waals surface area (Å²) in [6.45, 7) is 0.548. The Labute approximate surface area is 129 Å². The third kappa shape index (κ3) is 3.27. The van der Waals surface area contributed by atoms with E-state index in [2.05, 4.69) is 5.10 Å². The van der Waals surface area contributed by atoms with Gasteiger partial charge < -0.3 is 9.84 Å². The molecule has 1 aromatic carbocycles. The Balaban J connectivity index is 2.08. The van der Waals surface area contributed by atoms with Gasteiger partial charge in [-0.05, 0) is 31.2 Å². The third-order valence-electron chi connectivity index (χ3n) is 3.16. The lowest BCUT2D eigenvalue weighted by Gasteiger charge is -2.32. The van der Waals surface area contributed by atoms with Crippen LogP contribution in [0, 0.1) is 11.3 Å². The SMILES string of the molecule is CC1=NN(C(=O)COc2ccc(C#N)cc2)[C@](O)(C(F)(F)F)C1. The number of nitriles is 1. The smallest absolute Gasteiger partial charge is 0.438 e. The molecule has 0 bridgehead atoms. The molecule has 6 nitrogen and oxygen atoms in total. The number of alkyl halides is 3. The average Bonchev–Trinajstić information content (AvgIpc) is 2.81. The summed E-state index contributed by atoms with van der Waals surface area (Å²) in [5.41, 5.74) is -3.01. The number of nitrogens with zero attached hydrogens (tertiary/aromatic N) is 3. The van der Waals surface area contributed by atoms with Crippen LogP contribution < -0.4 is 4.74 Å². The monoisotopic (exact) mass is 327 g/mol. The van der Waals surface area contributed by atoms with Crippen molar-refractivity contribution in [2.75, 3.05) is 6.61 Å². The average molecular weight is 327 g/mol. The fraction of sp³-hybridized carbons (Fsp3) is 0.357. The Kier molecular flexibility index (Phi) is 4.29. The summed E-state index contributed by atoms with van der Waals surface area (Å²) >= 11 is 0. The summed E-state index contributed by atoms with van der Waals surface area (Å²) in [7, 11) is 0. The number of ether oxygens (including phenoxy) is 1. The molecule has 1 amide bonds. The molecule has 0 spiro atoms. The highest BCUT2D eigenvalue weighted by atomic mass is 19.4. The number of rotatable bonds is 3. The Morgan fingerprint density at radius 2 is 2.09 bits per heavy atom. The van der Waals surface area contributed by atoms with Crippen LogP contribution in [0.2, 0.25) is 0 Å². The number of hydrazone groups is 1. The first-order valence-corrected chi connectivity index (χ1v) is 6.46. The molecule has 1 aliphatic heterocycles. The van der Waals surface area contributed by atoms with Crippen molar-refractivity contribution in [3.05, 3.63) is 29.8 Å². The lowest BCUT2D eigenvalue weighted by molar-refractivity contribution is -0.302. The molecule has 0 aromatic heterocycles. The van der Waals surface area contributed by atoms with Crippen molar-refractivity contribution in [3.63, 3.8) is 0 Å². The minimum Gasteiger partial charge on any atom is -0.484 e. The molecular formula is C14H12F3N3O3. The maximum Gasteiger partial charge on any atom is 0.438 e. The summed E-state index contributed by atoms with van der Waals surface area (Å²) in [6.07, 6.45) is -5.85. The van der Waals surface area contributed by atoms with Crippen LogP contribution in [0.5, 0.6) is 5.75 Å². The van der Waals surface area contributed by atoms with Crippen LogP contribution in [-0.4, -0.2) is 40.2 Å². The van der Waals surface area contributed by atoms with Crippen LogP contribution in [0.15, 0.2) is 29.4 Å². The standard InChI is InChI=1S/C14H12F3N3O3/c1-9-6-13(22,14(15,16)17)20(19-9)12(21)8-23-11-4-2-10(7-18)3-5-11/h2-5,22H,6,8H2,1H3/t13-/m1/s1. The van der Waals surface area contributed by atoms with Gasteiger partial charge in [0.15, 0.2) is 6.61 Å². The van der Waals surface area contributed by atoms with Crippen molar-refractivity contribution in [3.8, 4) is 11.8 Å². The fourth-order valence-corrected chi connectivity index (χ4v) is 2.03. The second-order valence-corrected chi connectivity index (χ2v) is 4.96. The molecule has 0 saturated heterocycles. The van der Waals surface area contributed by atoms with Gasteiger partial charge in [-0.15, -0.1) is 0 Å². The lowest BCUT2D eigenvalue weighted by Crippen LogP contribution is -2.57. The van der Waals surface area contributed by atoms with Gasteiger partial charge in [0.2, 0.25) is 0 Å². The van der Waals surface area contributed by atoms with E-state index in [0.717, 1.165) is 0 Å². The normalized spacial score (nSPS) is 20.9. The number of carbonyl (C=O) groups is 1. The first-order valence-electron chi connectivity index (χ1n) is 6.46. The quantitative estimate of drug-likeness (QED) is 0.917. The molecule has 1 heterocycles. The molecule has 9 heteroatoms. The van der Waals surface area contributed by atoms with E-state index >= 15 is 0 Å². The number of benzene rings is 1. The van der Waals surface area contributed by atoms with E-state index in [1.807, 2.05) is 6.07 Å². The lowest BCUT2D eigenvalue weighted by atomic mass is 10.1. The van der Waals surface area contributed by atoms with Gasteiger partial charge in [-0.1, -0.05) is 0 Å². The van der Waals surface area contributed by atoms with Crippen molar-refractivity contribution in [2.45, 2.75) is 25.2 Å². The Morgan fingerprint density at radius 3 is 2.61 bits per heavy atom. The predicted octanol–water partition coefficient (Wildman–Crippen LogP) is 1.80. The zero-order valence-electron chi connectivity index (χ0n) is 12.0. The largest absolute Gasteiger partial charge is 0.484 e. The molecule has 0 aliphatic carbocycles. The van der Waals surface area contributed by atoms with Gasteiger partial charge in [-0.3, -0.25) is 4.79 Å². The number of halogens is 3. The first kappa shape index (κ1) is 16.8. The van der Waals surface area contributed by atoms with Crippen molar-refractivity contribution < 1.29 is 27.8 Å². The van der Waals surface area contributed by atoms with Gasteiger partial charge >= 0.3 is 6.18 Å². The van der Waals surface area contributed by atoms with Crippen molar-refractivity contribution in [1.82, 2.24) is 5.01 Å². The van der Waals surface area contributed by atoms with Crippen molar-refractivity contribution >= 4 is 11.6 Å². The highest BCUT2D eigenvalue weighted by Crippen LogP contribution is 2.40. The zero-order chi connectivity index (χ0) is 17.3. The molecule has 2 rings (SSSR count). The Bertz CT molecular complexity index is 679. The number of hydrogen-bond acceptors (Lipinski definition) is 5. The molecule has 122 valence electrons. The van der Waals surface area contributed by atoms with Crippen LogP contribution in [0.3, 0.4) is 0 Å². The number of amides is 1. The van der Waals surface area contributed by atoms with E-state index < -0.39 is 30.8 Å². The molecule has 0 saturated carbocycles. The highest BCUT2D eigenvalue weighted by molar-refractivity contribution is 5.89. The Hall–Kier alpha value is -2.60. The first-order chi connectivity index (χ1) is 10.7. The van der Waals surface area contributed by atoms with Crippen molar-refractivity contribution in [1.29, 1.82) is 5.26 Å². The molecule has 1 N–H and O–H groups in total. The van der Waals surface area contributed by atoms with E-state index in [-0.39, 0.29) is 16.5 Å². The van der Waals surface area contributed by atoms with Crippen LogP contribution in [-0.2, 0) is 4.79 Å². The van der Waals surface area contributed by atoms with E-state index in [0.29, 0.717) is 5.56 Å². The van der Waals surface area contributed by atoms with E-state index in [1.165, 1.54) is 31.2 Å². The minimum absolute atomic E-state index is 0.00593. The minimum atomic E-state index is -5.04. The number of carbonyl (C=O) groups excluding carboxylic acids is 1. The number of hydrogen-bond donors (Lipinski definition) is 1. The molecule has 1 aromatic rings. The molecule has 1 aliphatic rings. The van der Waals surface area contributed by atoms with Gasteiger partial charge in [-0.25, -0.2) is 0 Å². The molecule has 23 heavy (non-hydrogen) atoms. The molecular weight excluding hydrogens is 315 g/mol. The molecule has 0 unspecified atom stereocenters. The van der Waals surface area contributed by atoms with E-state index in [1.54, 1.807) is 0 Å². The van der Waals surface area contributed by atoms with Crippen LogP contribution in [0.1, 0.15) is 18.9 Å². The molecule has 0 radical (unpaired) electrons. The van der Waals surface area contributed by atoms with Crippen LogP contribution in [0.25, 0.3) is 0 Å². The number of aliphatic hydroxyl groups is 1. The van der Waals surface area contributed by atoms with Gasteiger partial charge in [0.1, 0.15) is 5.75 Å². The van der Waals surface area contributed by atoms with Gasteiger partial charge in [-0.2, -0.15) is 28.5 Å². The van der Waals surface area contributed by atoms with Gasteiger partial charge in [0, 0.05) is 12.1 Å². The summed E-state index contributed by atoms with van der Waals surface area (Å²) in [5, 5.41) is 21.9. The maximum atomic E-state index is 13.0. The zero-order valence-corrected chi connectivity index (χ0v) is 12.0. The van der Waals surface area contributed by atoms with Crippen LogP contribution in [0.4, 0.5) is 13.2 Å². The van der Waals surface area contributed by atoms with Crippen molar-refractivity contribution in [2.24, 2.45) is 5.10 Å². The third-order valence-corrected chi connectivity index (χ3v) is 3.16. The van der Waals surface area contributed by atoms with Gasteiger partial charge in [0.05, 0.1) is 11.6 Å². The fourth-order valence-electron chi connectivity index (χ4n) is 2.03. The maximum absolute atomic E-state index is 13.0. The Morgan fingerprint density at radius 1 is 1.48 bits per heavy atom. The van der Waals surface area contributed by atoms with E-state index in [9.17, 15) is 23.1 Å². The molecule has 0 fully saturated rings. The predicted molar refractivity (Wildman–Crippen MR) is 72.2 cm³/mol. The summed E-state index contributed by atoms with van der Waals surface area (Å²) in [4.78, 5) is 11.9. The van der Waals surface area contributed by atoms with Gasteiger partial charge in [0.25, 0.3) is 11.6 Å². The second-order valence-electron chi connectivity index (χ2n) is 4.96.